The summed E-state index contributed by atoms with van der Waals surface area (Å²) < 4.78 is 40.4. The van der Waals surface area contributed by atoms with Crippen LogP contribution in [0.15, 0.2) is 36.4 Å². The van der Waals surface area contributed by atoms with Crippen molar-refractivity contribution in [3.05, 3.63) is 59.4 Å². The highest BCUT2D eigenvalue weighted by molar-refractivity contribution is 5.90. The van der Waals surface area contributed by atoms with Gasteiger partial charge in [0.25, 0.3) is 0 Å². The van der Waals surface area contributed by atoms with Crippen LogP contribution >= 0.6 is 0 Å². The lowest BCUT2D eigenvalue weighted by Gasteiger charge is -2.36. The van der Waals surface area contributed by atoms with Gasteiger partial charge in [-0.2, -0.15) is 0 Å². The number of rotatable bonds is 3. The number of anilines is 2. The smallest absolute Gasteiger partial charge is 0.321 e. The third-order valence-corrected chi connectivity index (χ3v) is 4.56. The van der Waals surface area contributed by atoms with Crippen LogP contribution in [-0.4, -0.2) is 37.1 Å². The van der Waals surface area contributed by atoms with Gasteiger partial charge < -0.3 is 15.1 Å². The Morgan fingerprint density at radius 1 is 1.00 bits per heavy atom. The van der Waals surface area contributed by atoms with Crippen LogP contribution in [0.25, 0.3) is 0 Å². The van der Waals surface area contributed by atoms with Crippen molar-refractivity contribution in [2.24, 2.45) is 0 Å². The molecule has 1 fully saturated rings. The number of benzene rings is 2. The standard InChI is InChI=1S/C19H20F3N3O/c1-2-13-5-3-4-6-15(13)23-19(26)25-11-9-24(10-12-25)16-8-7-14(20)17(21)18(16)22/h3-8H,2,9-12H2,1H3,(H,23,26). The van der Waals surface area contributed by atoms with Crippen molar-refractivity contribution in [3.63, 3.8) is 0 Å². The Morgan fingerprint density at radius 3 is 2.38 bits per heavy atom. The molecule has 0 saturated carbocycles. The maximum absolute atomic E-state index is 13.9. The highest BCUT2D eigenvalue weighted by atomic mass is 19.2. The molecule has 0 atom stereocenters. The number of para-hydroxylation sites is 1. The molecule has 0 spiro atoms. The van der Waals surface area contributed by atoms with E-state index in [1.165, 1.54) is 6.07 Å². The topological polar surface area (TPSA) is 35.6 Å². The first kappa shape index (κ1) is 18.1. The molecule has 1 saturated heterocycles. The molecule has 138 valence electrons. The van der Waals surface area contributed by atoms with E-state index in [2.05, 4.69) is 5.32 Å². The predicted octanol–water partition coefficient (Wildman–Crippen LogP) is 4.02. The number of aryl methyl sites for hydroxylation is 1. The lowest BCUT2D eigenvalue weighted by molar-refractivity contribution is 0.208. The number of nitrogens with one attached hydrogen (secondary N) is 1. The second-order valence-corrected chi connectivity index (χ2v) is 6.11. The van der Waals surface area contributed by atoms with Crippen LogP contribution in [0.3, 0.4) is 0 Å². The highest BCUT2D eigenvalue weighted by Gasteiger charge is 2.25. The minimum Gasteiger partial charge on any atom is -0.366 e. The molecule has 2 aromatic carbocycles. The molecule has 1 heterocycles. The van der Waals surface area contributed by atoms with E-state index in [9.17, 15) is 18.0 Å². The Bertz CT molecular complexity index is 805. The molecular formula is C19H20F3N3O. The fraction of sp³-hybridized carbons (Fsp3) is 0.316. The van der Waals surface area contributed by atoms with Crippen molar-refractivity contribution in [3.8, 4) is 0 Å². The Labute approximate surface area is 150 Å². The monoisotopic (exact) mass is 363 g/mol. The van der Waals surface area contributed by atoms with Crippen molar-refractivity contribution in [1.29, 1.82) is 0 Å². The molecule has 0 aromatic heterocycles. The molecule has 4 nitrogen and oxygen atoms in total. The number of urea groups is 1. The third-order valence-electron chi connectivity index (χ3n) is 4.56. The molecule has 1 N–H and O–H groups in total. The Kier molecular flexibility index (Phi) is 5.35. The zero-order valence-electron chi connectivity index (χ0n) is 14.4. The molecule has 1 aliphatic heterocycles. The molecule has 7 heteroatoms. The van der Waals surface area contributed by atoms with E-state index in [-0.39, 0.29) is 11.7 Å². The summed E-state index contributed by atoms with van der Waals surface area (Å²) in [6.45, 7) is 3.41. The summed E-state index contributed by atoms with van der Waals surface area (Å²) in [6.07, 6.45) is 0.805. The van der Waals surface area contributed by atoms with Crippen LogP contribution in [0, 0.1) is 17.5 Å². The summed E-state index contributed by atoms with van der Waals surface area (Å²) in [7, 11) is 0. The molecule has 0 bridgehead atoms. The van der Waals surface area contributed by atoms with Crippen LogP contribution in [-0.2, 0) is 6.42 Å². The number of nitrogens with zero attached hydrogens (tertiary/aromatic N) is 2. The van der Waals surface area contributed by atoms with Gasteiger partial charge in [0.2, 0.25) is 0 Å². The minimum atomic E-state index is -1.47. The van der Waals surface area contributed by atoms with Crippen molar-refractivity contribution in [1.82, 2.24) is 4.90 Å². The average molecular weight is 363 g/mol. The molecule has 0 radical (unpaired) electrons. The van der Waals surface area contributed by atoms with Gasteiger partial charge in [0, 0.05) is 31.9 Å². The van der Waals surface area contributed by atoms with Crippen molar-refractivity contribution in [2.45, 2.75) is 13.3 Å². The first-order valence-electron chi connectivity index (χ1n) is 8.53. The first-order chi connectivity index (χ1) is 12.5. The van der Waals surface area contributed by atoms with Gasteiger partial charge in [-0.1, -0.05) is 25.1 Å². The minimum absolute atomic E-state index is 0.0142. The fourth-order valence-corrected chi connectivity index (χ4v) is 3.06. The largest absolute Gasteiger partial charge is 0.366 e. The van der Waals surface area contributed by atoms with Crippen molar-refractivity contribution >= 4 is 17.4 Å². The number of carbonyl (C=O) groups is 1. The number of carbonyl (C=O) groups excluding carboxylic acids is 1. The number of hydrogen-bond donors (Lipinski definition) is 1. The number of piperazine rings is 1. The Hall–Kier alpha value is -2.70. The van der Waals surface area contributed by atoms with Gasteiger partial charge in [-0.05, 0) is 30.2 Å². The zero-order chi connectivity index (χ0) is 18.7. The quantitative estimate of drug-likeness (QED) is 0.836. The van der Waals surface area contributed by atoms with Gasteiger partial charge in [0.1, 0.15) is 0 Å². The van der Waals surface area contributed by atoms with E-state index in [0.717, 1.165) is 23.7 Å². The predicted molar refractivity (Wildman–Crippen MR) is 94.9 cm³/mol. The normalized spacial score (nSPS) is 14.5. The maximum atomic E-state index is 13.9. The molecule has 26 heavy (non-hydrogen) atoms. The summed E-state index contributed by atoms with van der Waals surface area (Å²) in [4.78, 5) is 15.7. The number of amides is 2. The van der Waals surface area contributed by atoms with Gasteiger partial charge in [-0.3, -0.25) is 0 Å². The molecule has 3 rings (SSSR count). The third kappa shape index (κ3) is 3.61. The van der Waals surface area contributed by atoms with Crippen LogP contribution in [0.2, 0.25) is 0 Å². The molecule has 2 amide bonds. The van der Waals surface area contributed by atoms with Crippen LogP contribution in [0.1, 0.15) is 12.5 Å². The summed E-state index contributed by atoms with van der Waals surface area (Å²) in [6, 6.07) is 9.50. The van der Waals surface area contributed by atoms with Gasteiger partial charge in [0.15, 0.2) is 17.5 Å². The van der Waals surface area contributed by atoms with Gasteiger partial charge in [0.05, 0.1) is 5.69 Å². The van der Waals surface area contributed by atoms with Crippen LogP contribution < -0.4 is 10.2 Å². The summed E-state index contributed by atoms with van der Waals surface area (Å²) in [5, 5.41) is 2.90. The van der Waals surface area contributed by atoms with Crippen molar-refractivity contribution < 1.29 is 18.0 Å². The van der Waals surface area contributed by atoms with E-state index in [1.807, 2.05) is 31.2 Å². The Balaban J connectivity index is 1.63. The summed E-state index contributed by atoms with van der Waals surface area (Å²) >= 11 is 0. The van der Waals surface area contributed by atoms with Gasteiger partial charge in [-0.25, -0.2) is 18.0 Å². The number of halogens is 3. The summed E-state index contributed by atoms with van der Waals surface area (Å²) in [5.74, 6) is -3.88. The van der Waals surface area contributed by atoms with Crippen LogP contribution in [0.5, 0.6) is 0 Å². The lowest BCUT2D eigenvalue weighted by Crippen LogP contribution is -2.50. The zero-order valence-corrected chi connectivity index (χ0v) is 14.4. The van der Waals surface area contributed by atoms with E-state index >= 15 is 0 Å². The van der Waals surface area contributed by atoms with Gasteiger partial charge in [-0.15, -0.1) is 0 Å². The van der Waals surface area contributed by atoms with E-state index in [4.69, 9.17) is 0 Å². The molecule has 0 aliphatic carbocycles. The molecule has 1 aliphatic rings. The molecule has 0 unspecified atom stereocenters. The fourth-order valence-electron chi connectivity index (χ4n) is 3.06. The highest BCUT2D eigenvalue weighted by Crippen LogP contribution is 2.25. The van der Waals surface area contributed by atoms with Crippen molar-refractivity contribution in [2.75, 3.05) is 36.4 Å². The molecular weight excluding hydrogens is 343 g/mol. The number of hydrogen-bond acceptors (Lipinski definition) is 2. The van der Waals surface area contributed by atoms with E-state index in [1.54, 1.807) is 9.80 Å². The van der Waals surface area contributed by atoms with E-state index < -0.39 is 17.5 Å². The average Bonchev–Trinajstić information content (AvgIpc) is 2.67. The SMILES string of the molecule is CCc1ccccc1NC(=O)N1CCN(c2ccc(F)c(F)c2F)CC1. The Morgan fingerprint density at radius 2 is 1.69 bits per heavy atom. The second-order valence-electron chi connectivity index (χ2n) is 6.11. The molecule has 2 aromatic rings. The second kappa shape index (κ2) is 7.68. The van der Waals surface area contributed by atoms with Crippen LogP contribution in [0.4, 0.5) is 29.3 Å². The maximum Gasteiger partial charge on any atom is 0.321 e. The lowest BCUT2D eigenvalue weighted by atomic mass is 10.1. The summed E-state index contributed by atoms with van der Waals surface area (Å²) in [5.41, 5.74) is 1.83. The first-order valence-corrected chi connectivity index (χ1v) is 8.53. The van der Waals surface area contributed by atoms with Gasteiger partial charge >= 0.3 is 6.03 Å². The van der Waals surface area contributed by atoms with E-state index in [0.29, 0.717) is 26.2 Å².